The van der Waals surface area contributed by atoms with Gasteiger partial charge in [0.1, 0.15) is 6.61 Å². The molecular weight excluding hydrogens is 318 g/mol. The molecule has 2 aliphatic heterocycles. The van der Waals surface area contributed by atoms with Gasteiger partial charge in [0.2, 0.25) is 0 Å². The topological polar surface area (TPSA) is 80.8 Å². The van der Waals surface area contributed by atoms with Gasteiger partial charge in [0.25, 0.3) is 0 Å². The number of hydrogen-bond acceptors (Lipinski definition) is 6. The molecule has 0 radical (unpaired) electrons. The number of carbonyl (C=O) groups excluding carboxylic acids is 2. The van der Waals surface area contributed by atoms with Crippen LogP contribution in [0, 0.1) is 13.8 Å². The first-order chi connectivity index (χ1) is 10.9. The van der Waals surface area contributed by atoms with Crippen molar-refractivity contribution in [3.63, 3.8) is 0 Å². The summed E-state index contributed by atoms with van der Waals surface area (Å²) in [5, 5.41) is 4.00. The molecule has 2 fully saturated rings. The number of rotatable bonds is 2. The number of thiazole rings is 1. The SMILES string of the molecule is Cc1nc([C@@H](C)NC(=O)N2CCC3(CC2)COC(=O)O3)c(C)s1. The van der Waals surface area contributed by atoms with Gasteiger partial charge in [0, 0.05) is 30.8 Å². The second-order valence-corrected chi connectivity index (χ2v) is 7.56. The Labute approximate surface area is 139 Å². The Balaban J connectivity index is 1.55. The van der Waals surface area contributed by atoms with Crippen molar-refractivity contribution in [1.29, 1.82) is 0 Å². The number of aryl methyl sites for hydroxylation is 2. The summed E-state index contributed by atoms with van der Waals surface area (Å²) in [5.74, 6) is 0. The highest BCUT2D eigenvalue weighted by Gasteiger charge is 2.45. The molecule has 1 spiro atoms. The molecule has 0 unspecified atom stereocenters. The Bertz CT molecular complexity index is 622. The van der Waals surface area contributed by atoms with Crippen molar-refractivity contribution < 1.29 is 19.1 Å². The summed E-state index contributed by atoms with van der Waals surface area (Å²) in [6.45, 7) is 7.30. The van der Waals surface area contributed by atoms with Crippen LogP contribution in [0.2, 0.25) is 0 Å². The number of cyclic esters (lactones) is 1. The predicted molar refractivity (Wildman–Crippen MR) is 84.5 cm³/mol. The molecule has 1 atom stereocenters. The molecule has 3 heterocycles. The van der Waals surface area contributed by atoms with E-state index in [1.54, 1.807) is 16.2 Å². The molecule has 2 aliphatic rings. The maximum atomic E-state index is 12.4. The lowest BCUT2D eigenvalue weighted by atomic mass is 9.92. The Hall–Kier alpha value is -1.83. The number of piperidine rings is 1. The number of hydrogen-bond donors (Lipinski definition) is 1. The first-order valence-electron chi connectivity index (χ1n) is 7.74. The van der Waals surface area contributed by atoms with Gasteiger partial charge in [-0.05, 0) is 20.8 Å². The highest BCUT2D eigenvalue weighted by molar-refractivity contribution is 7.11. The number of amides is 2. The zero-order valence-corrected chi connectivity index (χ0v) is 14.4. The summed E-state index contributed by atoms with van der Waals surface area (Å²) in [4.78, 5) is 30.9. The smallest absolute Gasteiger partial charge is 0.430 e. The van der Waals surface area contributed by atoms with Gasteiger partial charge < -0.3 is 19.7 Å². The normalized spacial score (nSPS) is 21.0. The van der Waals surface area contributed by atoms with Crippen LogP contribution in [0.3, 0.4) is 0 Å². The molecular formula is C15H21N3O4S. The molecule has 0 aliphatic carbocycles. The highest BCUT2D eigenvalue weighted by Crippen LogP contribution is 2.31. The Morgan fingerprint density at radius 2 is 2.09 bits per heavy atom. The third-order valence-electron chi connectivity index (χ3n) is 4.40. The van der Waals surface area contributed by atoms with Crippen molar-refractivity contribution in [1.82, 2.24) is 15.2 Å². The van der Waals surface area contributed by atoms with Crippen LogP contribution in [0.4, 0.5) is 9.59 Å². The lowest BCUT2D eigenvalue weighted by Crippen LogP contribution is -2.51. The average Bonchev–Trinajstić information content (AvgIpc) is 3.02. The number of urea groups is 1. The Morgan fingerprint density at radius 1 is 1.39 bits per heavy atom. The number of nitrogens with zero attached hydrogens (tertiary/aromatic N) is 2. The summed E-state index contributed by atoms with van der Waals surface area (Å²) >= 11 is 1.63. The molecule has 0 aromatic carbocycles. The molecule has 1 N–H and O–H groups in total. The van der Waals surface area contributed by atoms with Gasteiger partial charge >= 0.3 is 12.2 Å². The van der Waals surface area contributed by atoms with Gasteiger partial charge in [0.15, 0.2) is 5.60 Å². The van der Waals surface area contributed by atoms with Crippen molar-refractivity contribution >= 4 is 23.5 Å². The van der Waals surface area contributed by atoms with Crippen molar-refractivity contribution in [2.45, 2.75) is 45.3 Å². The minimum atomic E-state index is -0.606. The second-order valence-electron chi connectivity index (χ2n) is 6.16. The second kappa shape index (κ2) is 5.99. The highest BCUT2D eigenvalue weighted by atomic mass is 32.1. The van der Waals surface area contributed by atoms with E-state index in [0.717, 1.165) is 15.6 Å². The van der Waals surface area contributed by atoms with E-state index in [4.69, 9.17) is 9.47 Å². The van der Waals surface area contributed by atoms with Crippen LogP contribution in [0.1, 0.15) is 41.4 Å². The fraction of sp³-hybridized carbons (Fsp3) is 0.667. The summed E-state index contributed by atoms with van der Waals surface area (Å²) < 4.78 is 10.2. The van der Waals surface area contributed by atoms with E-state index in [9.17, 15) is 9.59 Å². The lowest BCUT2D eigenvalue weighted by molar-refractivity contribution is 0.00916. The third kappa shape index (κ3) is 3.26. The third-order valence-corrected chi connectivity index (χ3v) is 5.31. The van der Waals surface area contributed by atoms with Crippen LogP contribution < -0.4 is 5.32 Å². The van der Waals surface area contributed by atoms with E-state index in [2.05, 4.69) is 10.3 Å². The largest absolute Gasteiger partial charge is 0.509 e. The first kappa shape index (κ1) is 16.0. The number of nitrogens with one attached hydrogen (secondary N) is 1. The van der Waals surface area contributed by atoms with Crippen molar-refractivity contribution in [2.75, 3.05) is 19.7 Å². The monoisotopic (exact) mass is 339 g/mol. The molecule has 1 aromatic rings. The van der Waals surface area contributed by atoms with Gasteiger partial charge in [0.05, 0.1) is 16.7 Å². The van der Waals surface area contributed by atoms with Crippen LogP contribution >= 0.6 is 11.3 Å². The van der Waals surface area contributed by atoms with Crippen LogP contribution in [-0.4, -0.2) is 47.4 Å². The molecule has 3 rings (SSSR count). The minimum absolute atomic E-state index is 0.109. The molecule has 7 nitrogen and oxygen atoms in total. The van der Waals surface area contributed by atoms with E-state index in [0.29, 0.717) is 25.9 Å². The Morgan fingerprint density at radius 3 is 2.61 bits per heavy atom. The molecule has 2 saturated heterocycles. The van der Waals surface area contributed by atoms with Crippen LogP contribution in [0.15, 0.2) is 0 Å². The van der Waals surface area contributed by atoms with Crippen molar-refractivity contribution in [2.24, 2.45) is 0 Å². The molecule has 8 heteroatoms. The van der Waals surface area contributed by atoms with Gasteiger partial charge in [-0.3, -0.25) is 0 Å². The fourth-order valence-corrected chi connectivity index (χ4v) is 4.00. The minimum Gasteiger partial charge on any atom is -0.430 e. The molecule has 0 bridgehead atoms. The summed E-state index contributed by atoms with van der Waals surface area (Å²) in [6.07, 6.45) is 0.607. The standard InChI is InChI=1S/C15H21N3O4S/c1-9(12-10(2)23-11(3)17-12)16-13(19)18-6-4-15(5-7-18)8-21-14(20)22-15/h9H,4-8H2,1-3H3,(H,16,19)/t9-/m1/s1. The summed E-state index contributed by atoms with van der Waals surface area (Å²) in [5.41, 5.74) is 0.384. The van der Waals surface area contributed by atoms with E-state index >= 15 is 0 Å². The quantitative estimate of drug-likeness (QED) is 0.838. The first-order valence-corrected chi connectivity index (χ1v) is 8.55. The molecule has 1 aromatic heterocycles. The molecule has 23 heavy (non-hydrogen) atoms. The predicted octanol–water partition coefficient (Wildman–Crippen LogP) is 2.53. The van der Waals surface area contributed by atoms with Gasteiger partial charge in [-0.2, -0.15) is 0 Å². The van der Waals surface area contributed by atoms with Crippen molar-refractivity contribution in [3.8, 4) is 0 Å². The van der Waals surface area contributed by atoms with Gasteiger partial charge in [-0.15, -0.1) is 11.3 Å². The number of carbonyl (C=O) groups is 2. The average molecular weight is 339 g/mol. The van der Waals surface area contributed by atoms with E-state index in [1.807, 2.05) is 20.8 Å². The fourth-order valence-electron chi connectivity index (χ4n) is 3.08. The van der Waals surface area contributed by atoms with Crippen LogP contribution in [0.5, 0.6) is 0 Å². The zero-order chi connectivity index (χ0) is 16.6. The van der Waals surface area contributed by atoms with E-state index < -0.39 is 11.8 Å². The Kier molecular flexibility index (Phi) is 4.18. The van der Waals surface area contributed by atoms with Gasteiger partial charge in [-0.1, -0.05) is 0 Å². The summed E-state index contributed by atoms with van der Waals surface area (Å²) in [7, 11) is 0. The van der Waals surface area contributed by atoms with E-state index in [-0.39, 0.29) is 18.7 Å². The van der Waals surface area contributed by atoms with Crippen LogP contribution in [0.25, 0.3) is 0 Å². The maximum absolute atomic E-state index is 12.4. The molecule has 2 amide bonds. The van der Waals surface area contributed by atoms with E-state index in [1.165, 1.54) is 0 Å². The number of aromatic nitrogens is 1. The molecule has 126 valence electrons. The number of ether oxygens (including phenoxy) is 2. The summed E-state index contributed by atoms with van der Waals surface area (Å²) in [6, 6.07) is -0.237. The number of likely N-dealkylation sites (tertiary alicyclic amines) is 1. The van der Waals surface area contributed by atoms with Gasteiger partial charge in [-0.25, -0.2) is 14.6 Å². The maximum Gasteiger partial charge on any atom is 0.509 e. The molecule has 0 saturated carbocycles. The van der Waals surface area contributed by atoms with Crippen molar-refractivity contribution in [3.05, 3.63) is 15.6 Å². The zero-order valence-electron chi connectivity index (χ0n) is 13.5. The lowest BCUT2D eigenvalue weighted by Gasteiger charge is -2.36. The van der Waals surface area contributed by atoms with Crippen LogP contribution in [-0.2, 0) is 9.47 Å².